The molecule has 0 saturated heterocycles. The average Bonchev–Trinajstić information content (AvgIpc) is 3.06. The number of aromatic nitrogens is 4. The van der Waals surface area contributed by atoms with Gasteiger partial charge in [0.25, 0.3) is 11.5 Å². The lowest BCUT2D eigenvalue weighted by Gasteiger charge is -2.05. The molecule has 8 heteroatoms. The summed E-state index contributed by atoms with van der Waals surface area (Å²) in [7, 11) is 0. The van der Waals surface area contributed by atoms with E-state index in [0.717, 1.165) is 0 Å². The Hall–Kier alpha value is -4.46. The second kappa shape index (κ2) is 6.85. The Kier molecular flexibility index (Phi) is 4.03. The second-order valence-electron chi connectivity index (χ2n) is 6.62. The summed E-state index contributed by atoms with van der Waals surface area (Å²) in [5.41, 5.74) is 2.15. The highest BCUT2D eigenvalue weighted by atomic mass is 16.2. The molecule has 4 heterocycles. The smallest absolute Gasteiger partial charge is 0.267 e. The maximum absolute atomic E-state index is 12.9. The number of pyridine rings is 2. The van der Waals surface area contributed by atoms with Crippen molar-refractivity contribution in [1.29, 1.82) is 0 Å². The van der Waals surface area contributed by atoms with Crippen LogP contribution >= 0.6 is 0 Å². The second-order valence-corrected chi connectivity index (χ2v) is 6.62. The van der Waals surface area contributed by atoms with E-state index in [4.69, 9.17) is 0 Å². The fourth-order valence-electron chi connectivity index (χ4n) is 3.36. The quantitative estimate of drug-likeness (QED) is 0.501. The first kappa shape index (κ1) is 17.6. The number of benzene rings is 1. The molecule has 1 aliphatic heterocycles. The van der Waals surface area contributed by atoms with Crippen molar-refractivity contribution in [1.82, 2.24) is 24.8 Å². The third-order valence-corrected chi connectivity index (χ3v) is 4.81. The number of amides is 1. The van der Waals surface area contributed by atoms with Gasteiger partial charge in [-0.2, -0.15) is 0 Å². The predicted octanol–water partition coefficient (Wildman–Crippen LogP) is 2.12. The zero-order valence-corrected chi connectivity index (χ0v) is 15.4. The fraction of sp³-hybridized carbons (Fsp3) is 0. The van der Waals surface area contributed by atoms with Crippen LogP contribution < -0.4 is 10.9 Å². The molecule has 0 radical (unpaired) electrons. The molecule has 1 aliphatic rings. The van der Waals surface area contributed by atoms with Gasteiger partial charge in [-0.1, -0.05) is 6.07 Å². The van der Waals surface area contributed by atoms with E-state index in [1.807, 2.05) is 0 Å². The van der Waals surface area contributed by atoms with Crippen LogP contribution in [0.25, 0.3) is 22.7 Å². The van der Waals surface area contributed by atoms with Crippen molar-refractivity contribution >= 4 is 28.7 Å². The molecule has 0 saturated carbocycles. The van der Waals surface area contributed by atoms with Crippen LogP contribution in [0.3, 0.4) is 0 Å². The number of fused-ring (bicyclic) bond motifs is 4. The molecule has 0 spiro atoms. The monoisotopic (exact) mass is 395 g/mol. The van der Waals surface area contributed by atoms with Crippen molar-refractivity contribution in [3.63, 3.8) is 0 Å². The highest BCUT2D eigenvalue weighted by Gasteiger charge is 2.30. The van der Waals surface area contributed by atoms with Gasteiger partial charge in [0.2, 0.25) is 5.78 Å². The van der Waals surface area contributed by atoms with Gasteiger partial charge in [-0.3, -0.25) is 28.9 Å². The molecule has 1 amide bonds. The largest absolute Gasteiger partial charge is 0.329 e. The zero-order valence-electron chi connectivity index (χ0n) is 15.4. The van der Waals surface area contributed by atoms with Gasteiger partial charge in [-0.15, -0.1) is 0 Å². The Balaban J connectivity index is 1.47. The lowest BCUT2D eigenvalue weighted by Crippen LogP contribution is -2.21. The topological polar surface area (TPSA) is 107 Å². The van der Waals surface area contributed by atoms with Crippen LogP contribution in [0, 0.1) is 0 Å². The SMILES string of the molecule is O=C(NC=Cc1ccc2c(c1)C(=O)c1nc3ccncc3c(=O)n1-2)c1ccncc1. The van der Waals surface area contributed by atoms with Gasteiger partial charge in [-0.25, -0.2) is 4.98 Å². The molecule has 144 valence electrons. The molecule has 0 unspecified atom stereocenters. The van der Waals surface area contributed by atoms with E-state index in [9.17, 15) is 14.4 Å². The van der Waals surface area contributed by atoms with Crippen LogP contribution in [-0.2, 0) is 0 Å². The molecule has 4 aromatic rings. The first-order chi connectivity index (χ1) is 14.6. The average molecular weight is 395 g/mol. The van der Waals surface area contributed by atoms with Crippen molar-refractivity contribution in [2.45, 2.75) is 0 Å². The predicted molar refractivity (Wildman–Crippen MR) is 109 cm³/mol. The third kappa shape index (κ3) is 2.78. The molecule has 0 atom stereocenters. The van der Waals surface area contributed by atoms with Gasteiger partial charge >= 0.3 is 0 Å². The van der Waals surface area contributed by atoms with Gasteiger partial charge in [0, 0.05) is 36.6 Å². The molecular weight excluding hydrogens is 382 g/mol. The van der Waals surface area contributed by atoms with Crippen LogP contribution in [0.4, 0.5) is 0 Å². The molecule has 0 bridgehead atoms. The van der Waals surface area contributed by atoms with Gasteiger partial charge in [-0.05, 0) is 42.0 Å². The number of nitrogens with one attached hydrogen (secondary N) is 1. The number of nitrogens with zero attached hydrogens (tertiary/aromatic N) is 4. The van der Waals surface area contributed by atoms with Crippen molar-refractivity contribution in [3.8, 4) is 5.69 Å². The van der Waals surface area contributed by atoms with E-state index in [1.54, 1.807) is 42.5 Å². The summed E-state index contributed by atoms with van der Waals surface area (Å²) in [6.07, 6.45) is 9.23. The molecule has 0 aliphatic carbocycles. The molecule has 0 fully saturated rings. The van der Waals surface area contributed by atoms with Crippen LogP contribution in [0.2, 0.25) is 0 Å². The minimum Gasteiger partial charge on any atom is -0.329 e. The van der Waals surface area contributed by atoms with E-state index in [-0.39, 0.29) is 23.1 Å². The summed E-state index contributed by atoms with van der Waals surface area (Å²) in [4.78, 5) is 50.0. The summed E-state index contributed by atoms with van der Waals surface area (Å²) in [6.45, 7) is 0. The van der Waals surface area contributed by atoms with Crippen molar-refractivity contribution in [2.75, 3.05) is 0 Å². The Morgan fingerprint density at radius 3 is 2.63 bits per heavy atom. The summed E-state index contributed by atoms with van der Waals surface area (Å²) in [5, 5.41) is 3.02. The van der Waals surface area contributed by atoms with Gasteiger partial charge in [0.05, 0.1) is 22.2 Å². The van der Waals surface area contributed by atoms with E-state index in [1.165, 1.54) is 35.6 Å². The number of carbonyl (C=O) groups is 2. The van der Waals surface area contributed by atoms with Crippen LogP contribution in [0.5, 0.6) is 0 Å². The summed E-state index contributed by atoms with van der Waals surface area (Å²) in [6, 6.07) is 9.95. The highest BCUT2D eigenvalue weighted by Crippen LogP contribution is 2.27. The van der Waals surface area contributed by atoms with Crippen molar-refractivity contribution in [3.05, 3.63) is 100 Å². The molecule has 30 heavy (non-hydrogen) atoms. The first-order valence-electron chi connectivity index (χ1n) is 9.07. The Morgan fingerprint density at radius 2 is 1.80 bits per heavy atom. The van der Waals surface area contributed by atoms with E-state index in [2.05, 4.69) is 20.3 Å². The minimum atomic E-state index is -0.330. The Labute approximate surface area is 169 Å². The molecule has 5 rings (SSSR count). The highest BCUT2D eigenvalue weighted by molar-refractivity contribution is 6.13. The maximum atomic E-state index is 12.9. The number of hydrogen-bond donors (Lipinski definition) is 1. The summed E-state index contributed by atoms with van der Waals surface area (Å²) < 4.78 is 1.32. The van der Waals surface area contributed by atoms with E-state index < -0.39 is 0 Å². The van der Waals surface area contributed by atoms with Gasteiger partial charge in [0.1, 0.15) is 0 Å². The van der Waals surface area contributed by atoms with Crippen LogP contribution in [-0.4, -0.2) is 31.2 Å². The number of ketones is 1. The Morgan fingerprint density at radius 1 is 1.00 bits per heavy atom. The molecule has 1 N–H and O–H groups in total. The van der Waals surface area contributed by atoms with E-state index in [0.29, 0.717) is 33.3 Å². The van der Waals surface area contributed by atoms with Crippen LogP contribution in [0.1, 0.15) is 32.1 Å². The molecule has 3 aromatic heterocycles. The first-order valence-corrected chi connectivity index (χ1v) is 9.07. The summed E-state index contributed by atoms with van der Waals surface area (Å²) in [5.74, 6) is -0.507. The lowest BCUT2D eigenvalue weighted by atomic mass is 10.1. The lowest BCUT2D eigenvalue weighted by molar-refractivity contribution is 0.0969. The Bertz CT molecular complexity index is 1420. The standard InChI is InChI=1S/C22H13N5O3/c28-19-15-11-13(3-10-25-21(29)14-4-7-23-8-5-14)1-2-18(15)27-20(19)26-17-6-9-24-12-16(17)22(27)30/h1-12H,(H,25,29). The molecule has 8 nitrogen and oxygen atoms in total. The molecule has 1 aromatic carbocycles. The zero-order chi connectivity index (χ0) is 20.7. The fourth-order valence-corrected chi connectivity index (χ4v) is 3.36. The normalized spacial score (nSPS) is 12.2. The van der Waals surface area contributed by atoms with Crippen molar-refractivity contribution < 1.29 is 9.59 Å². The van der Waals surface area contributed by atoms with E-state index >= 15 is 0 Å². The van der Waals surface area contributed by atoms with Crippen LogP contribution in [0.15, 0.2) is 72.2 Å². The van der Waals surface area contributed by atoms with Crippen molar-refractivity contribution in [2.24, 2.45) is 0 Å². The minimum absolute atomic E-state index is 0.0841. The molecular formula is C22H13N5O3. The van der Waals surface area contributed by atoms with Gasteiger partial charge in [0.15, 0.2) is 5.82 Å². The number of hydrogen-bond acceptors (Lipinski definition) is 6. The van der Waals surface area contributed by atoms with Gasteiger partial charge < -0.3 is 5.32 Å². The maximum Gasteiger partial charge on any atom is 0.267 e. The summed E-state index contributed by atoms with van der Waals surface area (Å²) >= 11 is 0. The number of carbonyl (C=O) groups excluding carboxylic acids is 2. The third-order valence-electron chi connectivity index (χ3n) is 4.81. The number of rotatable bonds is 3.